The third kappa shape index (κ3) is 3.28. The van der Waals surface area contributed by atoms with Crippen molar-refractivity contribution in [2.75, 3.05) is 40.2 Å². The van der Waals surface area contributed by atoms with Gasteiger partial charge in [-0.05, 0) is 5.92 Å². The Morgan fingerprint density at radius 1 is 1.62 bits per heavy atom. The van der Waals surface area contributed by atoms with Crippen molar-refractivity contribution >= 4 is 11.9 Å². The fourth-order valence-electron chi connectivity index (χ4n) is 2.17. The number of terminal acetylenes is 1. The monoisotopic (exact) mass is 315 g/mol. The Bertz CT molecular complexity index is 514. The number of carbonyl (C=O) groups is 1. The van der Waals surface area contributed by atoms with E-state index < -0.39 is 0 Å². The fourth-order valence-corrected chi connectivity index (χ4v) is 2.17. The van der Waals surface area contributed by atoms with E-state index in [4.69, 9.17) is 22.0 Å². The standard InChI is InChI=1S/C12H17N5O3.ClH/c1-3-4-17-11(19)9-10(14-12(17)13)16(7-15(9)2)8-20-6-5-18;/h1,18H,4-8H2,2H3,(H2,13,14);1H. The van der Waals surface area contributed by atoms with Crippen LogP contribution in [0.1, 0.15) is 0 Å². The van der Waals surface area contributed by atoms with Gasteiger partial charge in [0.15, 0.2) is 18.1 Å². The normalized spacial score (nSPS) is 20.9. The van der Waals surface area contributed by atoms with Gasteiger partial charge in [-0.1, -0.05) is 0 Å². The van der Waals surface area contributed by atoms with Gasteiger partial charge in [0, 0.05) is 7.05 Å². The molecule has 0 aromatic rings. The summed E-state index contributed by atoms with van der Waals surface area (Å²) < 4.78 is 5.26. The Hall–Kier alpha value is -1.79. The maximum atomic E-state index is 12.4. The van der Waals surface area contributed by atoms with Crippen molar-refractivity contribution < 1.29 is 31.9 Å². The highest BCUT2D eigenvalue weighted by Gasteiger charge is 2.42. The third-order valence-corrected chi connectivity index (χ3v) is 3.06. The Morgan fingerprint density at radius 3 is 2.95 bits per heavy atom. The first-order valence-corrected chi connectivity index (χ1v) is 6.17. The predicted octanol–water partition coefficient (Wildman–Crippen LogP) is -6.30. The lowest BCUT2D eigenvalue weighted by Gasteiger charge is -2.21. The summed E-state index contributed by atoms with van der Waals surface area (Å²) in [4.78, 5) is 20.6. The quantitative estimate of drug-likeness (QED) is 0.345. The first kappa shape index (κ1) is 17.3. The molecule has 1 unspecified atom stereocenters. The number of likely N-dealkylation sites (N-methyl/N-ethyl adjacent to an activating group) is 1. The van der Waals surface area contributed by atoms with E-state index in [0.717, 1.165) is 0 Å². The minimum atomic E-state index is -0.183. The molecule has 21 heavy (non-hydrogen) atoms. The number of ether oxygens (including phenoxy) is 1. The van der Waals surface area contributed by atoms with Crippen molar-refractivity contribution in [3.63, 3.8) is 0 Å². The number of aliphatic hydroxyl groups excluding tert-OH is 1. The minimum absolute atomic E-state index is 0. The molecule has 0 saturated heterocycles. The van der Waals surface area contributed by atoms with E-state index in [9.17, 15) is 4.79 Å². The van der Waals surface area contributed by atoms with E-state index in [-0.39, 0.29) is 50.8 Å². The van der Waals surface area contributed by atoms with Crippen molar-refractivity contribution in [2.45, 2.75) is 0 Å². The lowest BCUT2D eigenvalue weighted by Crippen LogP contribution is -3.19. The molecular weight excluding hydrogens is 298 g/mol. The van der Waals surface area contributed by atoms with Crippen LogP contribution in [0.3, 0.4) is 0 Å². The van der Waals surface area contributed by atoms with Crippen molar-refractivity contribution in [1.29, 1.82) is 0 Å². The van der Waals surface area contributed by atoms with Crippen LogP contribution in [0.4, 0.5) is 0 Å². The summed E-state index contributed by atoms with van der Waals surface area (Å²) in [6, 6.07) is 0. The number of carbonyl (C=O) groups excluding carboxylic acids is 1. The number of hydrogen-bond donors (Lipinski definition) is 3. The Morgan fingerprint density at radius 2 is 2.33 bits per heavy atom. The summed E-state index contributed by atoms with van der Waals surface area (Å²) >= 11 is 0. The first-order valence-electron chi connectivity index (χ1n) is 6.17. The molecule has 0 aromatic heterocycles. The molecule has 0 aliphatic carbocycles. The first-order chi connectivity index (χ1) is 9.60. The Balaban J connectivity index is 0.00000220. The number of nitrogens with one attached hydrogen (secondary N) is 1. The highest BCUT2D eigenvalue weighted by atomic mass is 35.5. The number of nitrogens with zero attached hydrogens (tertiary/aromatic N) is 3. The molecule has 2 rings (SSSR count). The molecule has 0 bridgehead atoms. The van der Waals surface area contributed by atoms with Gasteiger partial charge in [-0.25, -0.2) is 4.79 Å². The highest BCUT2D eigenvalue weighted by Crippen LogP contribution is 2.24. The number of aliphatic hydroxyl groups is 1. The number of rotatable bonds is 5. The average molecular weight is 316 g/mol. The van der Waals surface area contributed by atoms with E-state index in [0.29, 0.717) is 23.1 Å². The van der Waals surface area contributed by atoms with E-state index in [1.165, 1.54) is 0 Å². The second-order valence-electron chi connectivity index (χ2n) is 4.50. The summed E-state index contributed by atoms with van der Waals surface area (Å²) in [6.07, 6.45) is 5.25. The molecule has 0 saturated carbocycles. The topological polar surface area (TPSA) is 95.8 Å². The van der Waals surface area contributed by atoms with Gasteiger partial charge in [-0.2, -0.15) is 9.89 Å². The van der Waals surface area contributed by atoms with E-state index >= 15 is 0 Å². The van der Waals surface area contributed by atoms with Crippen molar-refractivity contribution in [3.05, 3.63) is 11.5 Å². The molecule has 2 aliphatic rings. The molecule has 1 amide bonds. The zero-order valence-corrected chi connectivity index (χ0v) is 12.4. The fraction of sp³-hybridized carbons (Fsp3) is 0.500. The van der Waals surface area contributed by atoms with Crippen molar-refractivity contribution in [2.24, 2.45) is 10.7 Å². The Labute approximate surface area is 129 Å². The number of guanidine groups is 1. The van der Waals surface area contributed by atoms with Gasteiger partial charge in [0.1, 0.15) is 6.73 Å². The van der Waals surface area contributed by atoms with Gasteiger partial charge >= 0.3 is 11.9 Å². The molecule has 2 heterocycles. The molecule has 9 heteroatoms. The SMILES string of the molecule is C#CC[NH+]1C(=O)C2=C(N=C1N)N(COCCO)CN2C.[Cl-]. The molecule has 116 valence electrons. The van der Waals surface area contributed by atoms with Gasteiger partial charge < -0.3 is 37.8 Å². The molecule has 8 nitrogen and oxygen atoms in total. The summed E-state index contributed by atoms with van der Waals surface area (Å²) in [5.74, 6) is 2.89. The highest BCUT2D eigenvalue weighted by molar-refractivity contribution is 5.96. The molecule has 2 aliphatic heterocycles. The molecular formula is C12H18ClN5O3. The second-order valence-corrected chi connectivity index (χ2v) is 4.50. The van der Waals surface area contributed by atoms with Crippen molar-refractivity contribution in [1.82, 2.24) is 9.80 Å². The van der Waals surface area contributed by atoms with E-state index in [2.05, 4.69) is 10.9 Å². The summed E-state index contributed by atoms with van der Waals surface area (Å²) in [5.41, 5.74) is 6.29. The van der Waals surface area contributed by atoms with Gasteiger partial charge in [0.05, 0.1) is 19.9 Å². The van der Waals surface area contributed by atoms with Gasteiger partial charge in [-0.15, -0.1) is 6.42 Å². The predicted molar refractivity (Wildman–Crippen MR) is 70.7 cm³/mol. The zero-order chi connectivity index (χ0) is 14.7. The third-order valence-electron chi connectivity index (χ3n) is 3.06. The smallest absolute Gasteiger partial charge is 0.372 e. The number of amides is 1. The number of hydrogen-bond acceptors (Lipinski definition) is 7. The van der Waals surface area contributed by atoms with Gasteiger partial charge in [0.25, 0.3) is 0 Å². The molecule has 0 aromatic carbocycles. The minimum Gasteiger partial charge on any atom is -1.00 e. The van der Waals surface area contributed by atoms with Crippen LogP contribution in [0, 0.1) is 12.3 Å². The second kappa shape index (κ2) is 7.28. The number of aliphatic imine (C=N–C) groups is 1. The summed E-state index contributed by atoms with van der Waals surface area (Å²) in [7, 11) is 1.80. The molecule has 4 N–H and O–H groups in total. The summed E-state index contributed by atoms with van der Waals surface area (Å²) in [6.45, 7) is 1.05. The van der Waals surface area contributed by atoms with Crippen LogP contribution >= 0.6 is 0 Å². The summed E-state index contributed by atoms with van der Waals surface area (Å²) in [5, 5.41) is 8.71. The molecule has 0 spiro atoms. The van der Waals surface area contributed by atoms with Crippen LogP contribution in [0.2, 0.25) is 0 Å². The van der Waals surface area contributed by atoms with Crippen LogP contribution in [0.5, 0.6) is 0 Å². The molecule has 1 atom stereocenters. The molecule has 0 fully saturated rings. The van der Waals surface area contributed by atoms with Crippen LogP contribution in [0.15, 0.2) is 16.5 Å². The maximum Gasteiger partial charge on any atom is 0.372 e. The van der Waals surface area contributed by atoms with E-state index in [1.54, 1.807) is 16.8 Å². The molecule has 0 radical (unpaired) electrons. The Kier molecular flexibility index (Phi) is 5.99. The van der Waals surface area contributed by atoms with E-state index in [1.807, 2.05) is 0 Å². The van der Waals surface area contributed by atoms with Crippen molar-refractivity contribution in [3.8, 4) is 12.3 Å². The largest absolute Gasteiger partial charge is 1.00 e. The van der Waals surface area contributed by atoms with Crippen LogP contribution in [-0.2, 0) is 9.53 Å². The lowest BCUT2D eigenvalue weighted by molar-refractivity contribution is -0.711. The van der Waals surface area contributed by atoms with Crippen LogP contribution in [0.25, 0.3) is 0 Å². The average Bonchev–Trinajstić information content (AvgIpc) is 2.71. The number of quaternary nitrogens is 1. The number of nitrogens with two attached hydrogens (primary N) is 1. The van der Waals surface area contributed by atoms with Gasteiger partial charge in [-0.3, -0.25) is 0 Å². The number of halogens is 1. The van der Waals surface area contributed by atoms with Crippen LogP contribution < -0.4 is 23.0 Å². The van der Waals surface area contributed by atoms with Crippen LogP contribution in [-0.4, -0.2) is 67.0 Å². The van der Waals surface area contributed by atoms with Gasteiger partial charge in [0.2, 0.25) is 0 Å². The maximum absolute atomic E-state index is 12.4. The lowest BCUT2D eigenvalue weighted by atomic mass is 10.3. The zero-order valence-electron chi connectivity index (χ0n) is 11.7.